The average molecular weight is 185 g/mol. The summed E-state index contributed by atoms with van der Waals surface area (Å²) in [5.41, 5.74) is 4.63. The molecule has 2 atom stereocenters. The van der Waals surface area contributed by atoms with Crippen molar-refractivity contribution in [2.24, 2.45) is 5.73 Å². The molecule has 9 heteroatoms. The Kier molecular flexibility index (Phi) is 3.99. The van der Waals surface area contributed by atoms with Gasteiger partial charge in [0.2, 0.25) is 0 Å². The van der Waals surface area contributed by atoms with Gasteiger partial charge in [0.1, 0.15) is 0 Å². The molecule has 0 spiro atoms. The molecule has 56 valence electrons. The van der Waals surface area contributed by atoms with Gasteiger partial charge in [-0.15, -0.1) is 4.89 Å². The standard InChI is InChI=1S/CH4N3O4P2/c2-1(3)8-10(7)4-9(5)6/h(H4-,2,3,4,5,6,7)/q+1/p+1. The Labute approximate surface area is 57.9 Å². The lowest BCUT2D eigenvalue weighted by molar-refractivity contribution is 0.476. The molecule has 0 saturated heterocycles. The zero-order valence-corrected chi connectivity index (χ0v) is 6.43. The first-order valence-electron chi connectivity index (χ1n) is 1.94. The van der Waals surface area contributed by atoms with Gasteiger partial charge in [-0.05, 0) is 4.57 Å². The summed E-state index contributed by atoms with van der Waals surface area (Å²) < 4.78 is 24.1. The number of nitrogens with one attached hydrogen (secondary N) is 2. The number of nitrogens with two attached hydrogens (primary N) is 1. The van der Waals surface area contributed by atoms with Crippen molar-refractivity contribution in [1.82, 2.24) is 4.86 Å². The predicted molar refractivity (Wildman–Crippen MR) is 33.6 cm³/mol. The molecular formula is CH5N3O4P2+2. The highest BCUT2D eigenvalue weighted by molar-refractivity contribution is 7.53. The molecule has 0 aliphatic heterocycles. The highest BCUT2D eigenvalue weighted by Gasteiger charge is 2.33. The zero-order valence-electron chi connectivity index (χ0n) is 4.64. The maximum absolute atomic E-state index is 10.3. The molecule has 7 nitrogen and oxygen atoms in total. The lowest BCUT2D eigenvalue weighted by Crippen LogP contribution is -2.11. The van der Waals surface area contributed by atoms with Gasteiger partial charge in [-0.3, -0.25) is 0 Å². The van der Waals surface area contributed by atoms with Gasteiger partial charge in [-0.25, -0.2) is 5.41 Å². The largest absolute Gasteiger partial charge is 0.713 e. The molecule has 0 aliphatic rings. The van der Waals surface area contributed by atoms with Crippen molar-refractivity contribution in [3.8, 4) is 0 Å². The van der Waals surface area contributed by atoms with Gasteiger partial charge < -0.3 is 5.73 Å². The normalized spacial score (nSPS) is 12.1. The maximum Gasteiger partial charge on any atom is 0.713 e. The predicted octanol–water partition coefficient (Wildman–Crippen LogP) is -0.207. The van der Waals surface area contributed by atoms with Gasteiger partial charge in [-0.2, -0.15) is 4.52 Å². The van der Waals surface area contributed by atoms with E-state index >= 15 is 0 Å². The lowest BCUT2D eigenvalue weighted by Gasteiger charge is -1.78. The summed E-state index contributed by atoms with van der Waals surface area (Å²) in [5, 5.41) is 6.42. The molecule has 0 aromatic carbocycles. The van der Waals surface area contributed by atoms with Crippen LogP contribution in [0.4, 0.5) is 0 Å². The van der Waals surface area contributed by atoms with Gasteiger partial charge >= 0.3 is 22.4 Å². The second-order valence-corrected chi connectivity index (χ2v) is 3.13. The fourth-order valence-electron chi connectivity index (χ4n) is 0.180. The molecule has 0 aromatic heterocycles. The van der Waals surface area contributed by atoms with Crippen LogP contribution < -0.4 is 10.6 Å². The Hall–Kier alpha value is -0.610. The maximum atomic E-state index is 10.3. The summed E-state index contributed by atoms with van der Waals surface area (Å²) in [5.74, 6) is 0. The van der Waals surface area contributed by atoms with Crippen LogP contribution >= 0.6 is 16.4 Å². The number of amidine groups is 1. The molecule has 10 heavy (non-hydrogen) atoms. The van der Waals surface area contributed by atoms with Crippen LogP contribution in [0, 0.1) is 5.41 Å². The van der Waals surface area contributed by atoms with E-state index in [4.69, 9.17) is 10.3 Å². The number of hydrogen-bond acceptors (Lipinski definition) is 4. The van der Waals surface area contributed by atoms with Gasteiger partial charge in [0.15, 0.2) is 4.86 Å². The van der Waals surface area contributed by atoms with Crippen molar-refractivity contribution in [2.45, 2.75) is 0 Å². The first-order chi connectivity index (χ1) is 4.52. The van der Waals surface area contributed by atoms with Crippen LogP contribution in [0.25, 0.3) is 0 Å². The number of rotatable bonds is 3. The summed E-state index contributed by atoms with van der Waals surface area (Å²) in [7, 11) is -5.27. The van der Waals surface area contributed by atoms with E-state index in [0.717, 1.165) is 0 Å². The van der Waals surface area contributed by atoms with Crippen molar-refractivity contribution in [2.75, 3.05) is 0 Å². The first-order valence-corrected chi connectivity index (χ1v) is 4.33. The van der Waals surface area contributed by atoms with Crippen LogP contribution in [-0.4, -0.2) is 10.9 Å². The van der Waals surface area contributed by atoms with E-state index in [2.05, 4.69) is 10.3 Å². The number of hydrogen-bond donors (Lipinski definition) is 4. The third kappa shape index (κ3) is 5.53. The SMILES string of the molecule is N=C(N)O[P+](=O)N[P+](=O)O. The Morgan fingerprint density at radius 3 is 2.50 bits per heavy atom. The van der Waals surface area contributed by atoms with Crippen molar-refractivity contribution in [3.63, 3.8) is 0 Å². The summed E-state index contributed by atoms with van der Waals surface area (Å²) >= 11 is 0. The van der Waals surface area contributed by atoms with Crippen LogP contribution in [0.2, 0.25) is 0 Å². The molecule has 0 saturated carbocycles. The Morgan fingerprint density at radius 1 is 1.70 bits per heavy atom. The van der Waals surface area contributed by atoms with Gasteiger partial charge in [0.25, 0.3) is 0 Å². The molecule has 0 rings (SSSR count). The third-order valence-corrected chi connectivity index (χ3v) is 2.05. The van der Waals surface area contributed by atoms with Gasteiger partial charge in [-0.1, -0.05) is 0 Å². The molecule has 2 unspecified atom stereocenters. The van der Waals surface area contributed by atoms with E-state index in [1.165, 1.54) is 0 Å². The van der Waals surface area contributed by atoms with E-state index in [9.17, 15) is 9.13 Å². The van der Waals surface area contributed by atoms with Crippen molar-refractivity contribution in [3.05, 3.63) is 0 Å². The van der Waals surface area contributed by atoms with E-state index in [1.807, 2.05) is 0 Å². The highest BCUT2D eigenvalue weighted by Crippen LogP contribution is 2.24. The minimum atomic E-state index is -2.73. The van der Waals surface area contributed by atoms with Crippen LogP contribution in [0.15, 0.2) is 0 Å². The summed E-state index contributed by atoms with van der Waals surface area (Å²) in [6.07, 6.45) is 0. The third-order valence-electron chi connectivity index (χ3n) is 0.348. The summed E-state index contributed by atoms with van der Waals surface area (Å²) in [6.45, 7) is 0. The van der Waals surface area contributed by atoms with Crippen LogP contribution in [0.5, 0.6) is 0 Å². The summed E-state index contributed by atoms with van der Waals surface area (Å²) in [6, 6.07) is -0.773. The Morgan fingerprint density at radius 2 is 2.20 bits per heavy atom. The van der Waals surface area contributed by atoms with Crippen molar-refractivity contribution >= 4 is 22.4 Å². The lowest BCUT2D eigenvalue weighted by atomic mass is 11.3. The topological polar surface area (TPSA) is 126 Å². The van der Waals surface area contributed by atoms with E-state index in [0.29, 0.717) is 0 Å². The molecule has 0 bridgehead atoms. The fourth-order valence-corrected chi connectivity index (χ4v) is 1.08. The van der Waals surface area contributed by atoms with Crippen LogP contribution in [0.3, 0.4) is 0 Å². The fraction of sp³-hybridized carbons (Fsp3) is 0. The Balaban J connectivity index is 3.65. The van der Waals surface area contributed by atoms with Crippen LogP contribution in [-0.2, 0) is 13.7 Å². The molecule has 0 aromatic rings. The minimum Gasteiger partial charge on any atom is -0.350 e. The molecule has 0 fully saturated rings. The summed E-state index contributed by atoms with van der Waals surface area (Å²) in [4.78, 5) is 9.66. The molecule has 5 N–H and O–H groups in total. The van der Waals surface area contributed by atoms with Gasteiger partial charge in [0, 0.05) is 4.57 Å². The smallest absolute Gasteiger partial charge is 0.350 e. The molecule has 0 aliphatic carbocycles. The minimum absolute atomic E-state index is 0.773. The second kappa shape index (κ2) is 4.24. The molecular weight excluding hydrogens is 180 g/mol. The van der Waals surface area contributed by atoms with Gasteiger partial charge in [0.05, 0.1) is 0 Å². The van der Waals surface area contributed by atoms with E-state index < -0.39 is 22.4 Å². The van der Waals surface area contributed by atoms with E-state index in [-0.39, 0.29) is 0 Å². The second-order valence-electron chi connectivity index (χ2n) is 1.09. The quantitative estimate of drug-likeness (QED) is 0.274. The van der Waals surface area contributed by atoms with Crippen LogP contribution in [0.1, 0.15) is 0 Å². The molecule has 0 amide bonds. The molecule has 0 radical (unpaired) electrons. The van der Waals surface area contributed by atoms with E-state index in [1.54, 1.807) is 4.86 Å². The van der Waals surface area contributed by atoms with Crippen molar-refractivity contribution < 1.29 is 18.5 Å². The molecule has 0 heterocycles. The highest BCUT2D eigenvalue weighted by atomic mass is 31.2. The zero-order chi connectivity index (χ0) is 8.15. The Bertz CT molecular complexity index is 161. The first kappa shape index (κ1) is 9.39. The van der Waals surface area contributed by atoms with Crippen molar-refractivity contribution in [1.29, 1.82) is 5.41 Å². The average Bonchev–Trinajstić information content (AvgIpc) is 1.58. The monoisotopic (exact) mass is 185 g/mol.